The second-order valence-corrected chi connectivity index (χ2v) is 6.25. The molecular formula is C13H25N3O2. The number of carbonyl (C=O) groups is 2. The molecule has 1 rings (SSSR count). The van der Waals surface area contributed by atoms with Gasteiger partial charge >= 0.3 is 6.03 Å². The van der Waals surface area contributed by atoms with Crippen LogP contribution in [0.25, 0.3) is 0 Å². The summed E-state index contributed by atoms with van der Waals surface area (Å²) in [5, 5.41) is 5.05. The van der Waals surface area contributed by atoms with Gasteiger partial charge in [-0.2, -0.15) is 0 Å². The quantitative estimate of drug-likeness (QED) is 0.797. The molecule has 0 aromatic rings. The van der Waals surface area contributed by atoms with Gasteiger partial charge in [-0.1, -0.05) is 0 Å². The van der Waals surface area contributed by atoms with Crippen LogP contribution in [0.4, 0.5) is 4.79 Å². The number of nitrogens with one attached hydrogen (secondary N) is 2. The maximum absolute atomic E-state index is 11.7. The Balaban J connectivity index is 2.30. The summed E-state index contributed by atoms with van der Waals surface area (Å²) in [6.45, 7) is 8.00. The molecule has 0 spiro atoms. The Kier molecular flexibility index (Phi) is 4.73. The van der Waals surface area contributed by atoms with Crippen LogP contribution in [0.3, 0.4) is 0 Å². The van der Waals surface area contributed by atoms with Crippen LogP contribution in [0, 0.1) is 5.92 Å². The van der Waals surface area contributed by atoms with Gasteiger partial charge in [0.05, 0.1) is 6.54 Å². The molecule has 18 heavy (non-hydrogen) atoms. The van der Waals surface area contributed by atoms with Crippen molar-refractivity contribution in [1.82, 2.24) is 15.5 Å². The zero-order valence-electron chi connectivity index (χ0n) is 12.0. The van der Waals surface area contributed by atoms with Gasteiger partial charge in [0.1, 0.15) is 0 Å². The van der Waals surface area contributed by atoms with Crippen molar-refractivity contribution in [2.75, 3.05) is 13.6 Å². The Morgan fingerprint density at radius 2 is 1.89 bits per heavy atom. The minimum absolute atomic E-state index is 0.258. The average molecular weight is 255 g/mol. The predicted octanol–water partition coefficient (Wildman–Crippen LogP) is 1.34. The van der Waals surface area contributed by atoms with Crippen molar-refractivity contribution < 1.29 is 9.59 Å². The van der Waals surface area contributed by atoms with E-state index in [2.05, 4.69) is 17.6 Å². The Morgan fingerprint density at radius 1 is 1.33 bits per heavy atom. The fourth-order valence-electron chi connectivity index (χ4n) is 1.85. The van der Waals surface area contributed by atoms with E-state index in [1.807, 2.05) is 32.7 Å². The van der Waals surface area contributed by atoms with Gasteiger partial charge in [0.25, 0.3) is 0 Å². The number of urea groups is 1. The lowest BCUT2D eigenvalue weighted by Gasteiger charge is -2.24. The second kappa shape index (κ2) is 5.69. The lowest BCUT2D eigenvalue weighted by molar-refractivity contribution is -0.121. The molecule has 104 valence electrons. The van der Waals surface area contributed by atoms with Crippen LogP contribution in [0.15, 0.2) is 0 Å². The molecule has 1 saturated carbocycles. The molecule has 1 atom stereocenters. The highest BCUT2D eigenvalue weighted by atomic mass is 16.2. The summed E-state index contributed by atoms with van der Waals surface area (Å²) in [5.41, 5.74) is -0.336. The zero-order chi connectivity index (χ0) is 13.9. The van der Waals surface area contributed by atoms with Crippen LogP contribution in [-0.4, -0.2) is 42.0 Å². The fourth-order valence-corrected chi connectivity index (χ4v) is 1.85. The molecule has 5 nitrogen and oxygen atoms in total. The molecule has 2 N–H and O–H groups in total. The SMILES string of the molecule is CC(C1CC1)N(C)CC(=O)NC(=O)NC(C)(C)C. The first-order valence-electron chi connectivity index (χ1n) is 6.51. The second-order valence-electron chi connectivity index (χ2n) is 6.25. The summed E-state index contributed by atoms with van der Waals surface area (Å²) in [4.78, 5) is 25.2. The van der Waals surface area contributed by atoms with Crippen molar-refractivity contribution in [2.45, 2.75) is 52.1 Å². The number of rotatable bonds is 4. The molecule has 1 unspecified atom stereocenters. The lowest BCUT2D eigenvalue weighted by Crippen LogP contribution is -2.50. The van der Waals surface area contributed by atoms with Gasteiger partial charge in [-0.3, -0.25) is 15.0 Å². The molecule has 0 heterocycles. The van der Waals surface area contributed by atoms with Crippen LogP contribution < -0.4 is 10.6 Å². The monoisotopic (exact) mass is 255 g/mol. The Bertz CT molecular complexity index is 319. The number of likely N-dealkylation sites (N-methyl/N-ethyl adjacent to an activating group) is 1. The maximum atomic E-state index is 11.7. The molecule has 3 amide bonds. The van der Waals surface area contributed by atoms with Crippen molar-refractivity contribution in [2.24, 2.45) is 5.92 Å². The van der Waals surface area contributed by atoms with E-state index in [0.29, 0.717) is 12.0 Å². The van der Waals surface area contributed by atoms with Gasteiger partial charge in [-0.15, -0.1) is 0 Å². The zero-order valence-corrected chi connectivity index (χ0v) is 12.0. The summed E-state index contributed by atoms with van der Waals surface area (Å²) in [5.74, 6) is 0.456. The van der Waals surface area contributed by atoms with E-state index < -0.39 is 6.03 Å². The van der Waals surface area contributed by atoms with Crippen molar-refractivity contribution >= 4 is 11.9 Å². The third-order valence-electron chi connectivity index (χ3n) is 3.13. The van der Waals surface area contributed by atoms with Gasteiger partial charge in [0.15, 0.2) is 0 Å². The third kappa shape index (κ3) is 5.49. The number of imide groups is 1. The van der Waals surface area contributed by atoms with Crippen molar-refractivity contribution in [3.05, 3.63) is 0 Å². The standard InChI is InChI=1S/C13H25N3O2/c1-9(10-6-7-10)16(5)8-11(17)14-12(18)15-13(2,3)4/h9-10H,6-8H2,1-5H3,(H2,14,15,17,18). The van der Waals surface area contributed by atoms with Crippen LogP contribution in [0.2, 0.25) is 0 Å². The van der Waals surface area contributed by atoms with Crippen molar-refractivity contribution in [3.63, 3.8) is 0 Å². The smallest absolute Gasteiger partial charge is 0.321 e. The summed E-state index contributed by atoms with van der Waals surface area (Å²) in [6, 6.07) is -0.0265. The van der Waals surface area contributed by atoms with Crippen molar-refractivity contribution in [1.29, 1.82) is 0 Å². The van der Waals surface area contributed by atoms with E-state index in [0.717, 1.165) is 0 Å². The lowest BCUT2D eigenvalue weighted by atomic mass is 10.1. The molecular weight excluding hydrogens is 230 g/mol. The van der Waals surface area contributed by atoms with E-state index in [4.69, 9.17) is 0 Å². The van der Waals surface area contributed by atoms with E-state index in [-0.39, 0.29) is 18.0 Å². The average Bonchev–Trinajstić information content (AvgIpc) is 2.95. The normalized spacial score (nSPS) is 17.4. The molecule has 0 bridgehead atoms. The first-order chi connectivity index (χ1) is 8.19. The molecule has 5 heteroatoms. The molecule has 0 aromatic carbocycles. The predicted molar refractivity (Wildman–Crippen MR) is 71.2 cm³/mol. The van der Waals surface area contributed by atoms with E-state index in [1.165, 1.54) is 12.8 Å². The van der Waals surface area contributed by atoms with Crippen LogP contribution in [0.5, 0.6) is 0 Å². The van der Waals surface area contributed by atoms with Gasteiger partial charge in [-0.25, -0.2) is 4.79 Å². The minimum atomic E-state index is -0.431. The van der Waals surface area contributed by atoms with Gasteiger partial charge in [0.2, 0.25) is 5.91 Å². The van der Waals surface area contributed by atoms with E-state index in [1.54, 1.807) is 0 Å². The Morgan fingerprint density at radius 3 is 2.33 bits per heavy atom. The largest absolute Gasteiger partial charge is 0.333 e. The van der Waals surface area contributed by atoms with Crippen LogP contribution >= 0.6 is 0 Å². The third-order valence-corrected chi connectivity index (χ3v) is 3.13. The number of hydrogen-bond donors (Lipinski definition) is 2. The van der Waals surface area contributed by atoms with Crippen LogP contribution in [-0.2, 0) is 4.79 Å². The minimum Gasteiger partial charge on any atom is -0.333 e. The number of amides is 3. The van der Waals surface area contributed by atoms with Crippen molar-refractivity contribution in [3.8, 4) is 0 Å². The molecule has 0 aliphatic heterocycles. The summed E-state index contributed by atoms with van der Waals surface area (Å²) < 4.78 is 0. The summed E-state index contributed by atoms with van der Waals surface area (Å²) >= 11 is 0. The van der Waals surface area contributed by atoms with Gasteiger partial charge < -0.3 is 5.32 Å². The van der Waals surface area contributed by atoms with Crippen LogP contribution in [0.1, 0.15) is 40.5 Å². The topological polar surface area (TPSA) is 61.4 Å². The van der Waals surface area contributed by atoms with E-state index in [9.17, 15) is 9.59 Å². The summed E-state index contributed by atoms with van der Waals surface area (Å²) in [7, 11) is 1.92. The highest BCUT2D eigenvalue weighted by Crippen LogP contribution is 2.34. The number of carbonyl (C=O) groups excluding carboxylic acids is 2. The first-order valence-corrected chi connectivity index (χ1v) is 6.51. The number of hydrogen-bond acceptors (Lipinski definition) is 3. The molecule has 1 aliphatic rings. The highest BCUT2D eigenvalue weighted by Gasteiger charge is 2.31. The number of nitrogens with zero attached hydrogens (tertiary/aromatic N) is 1. The molecule has 0 radical (unpaired) electrons. The molecule has 0 saturated heterocycles. The highest BCUT2D eigenvalue weighted by molar-refractivity contribution is 5.95. The molecule has 0 aromatic heterocycles. The maximum Gasteiger partial charge on any atom is 0.321 e. The Labute approximate surface area is 109 Å². The first kappa shape index (κ1) is 15.0. The molecule has 1 fully saturated rings. The van der Waals surface area contributed by atoms with Gasteiger partial charge in [0, 0.05) is 11.6 Å². The van der Waals surface area contributed by atoms with Gasteiger partial charge in [-0.05, 0) is 53.5 Å². The molecule has 1 aliphatic carbocycles. The van der Waals surface area contributed by atoms with E-state index >= 15 is 0 Å². The fraction of sp³-hybridized carbons (Fsp3) is 0.846. The summed E-state index contributed by atoms with van der Waals surface area (Å²) in [6.07, 6.45) is 2.50. The Hall–Kier alpha value is -1.10.